The SMILES string of the molecule is C1=NC(c2ccc3c(c2)CCC3)C=C1c1cnc2ccccc2n1. The van der Waals surface area contributed by atoms with Gasteiger partial charge in [-0.05, 0) is 54.2 Å². The summed E-state index contributed by atoms with van der Waals surface area (Å²) in [6.45, 7) is 0. The molecule has 0 radical (unpaired) electrons. The monoisotopic (exact) mass is 311 g/mol. The Labute approximate surface area is 140 Å². The van der Waals surface area contributed by atoms with Crippen LogP contribution >= 0.6 is 0 Å². The van der Waals surface area contributed by atoms with E-state index in [1.807, 2.05) is 36.7 Å². The second-order valence-corrected chi connectivity index (χ2v) is 6.47. The topological polar surface area (TPSA) is 38.1 Å². The highest BCUT2D eigenvalue weighted by Crippen LogP contribution is 2.31. The number of benzene rings is 2. The second-order valence-electron chi connectivity index (χ2n) is 6.47. The van der Waals surface area contributed by atoms with Crippen molar-refractivity contribution < 1.29 is 0 Å². The van der Waals surface area contributed by atoms with Gasteiger partial charge in [-0.2, -0.15) is 0 Å². The number of hydrogen-bond donors (Lipinski definition) is 0. The summed E-state index contributed by atoms with van der Waals surface area (Å²) >= 11 is 0. The van der Waals surface area contributed by atoms with Gasteiger partial charge < -0.3 is 0 Å². The van der Waals surface area contributed by atoms with E-state index < -0.39 is 0 Å². The van der Waals surface area contributed by atoms with Crippen molar-refractivity contribution >= 4 is 22.8 Å². The molecule has 0 N–H and O–H groups in total. The maximum Gasteiger partial charge on any atom is 0.0940 e. The minimum Gasteiger partial charge on any atom is -0.280 e. The van der Waals surface area contributed by atoms with Crippen LogP contribution in [-0.2, 0) is 12.8 Å². The van der Waals surface area contributed by atoms with Crippen LogP contribution in [0.3, 0.4) is 0 Å². The van der Waals surface area contributed by atoms with Gasteiger partial charge in [0.05, 0.1) is 29.0 Å². The molecule has 1 aliphatic heterocycles. The molecule has 0 amide bonds. The van der Waals surface area contributed by atoms with Gasteiger partial charge in [-0.15, -0.1) is 0 Å². The number of rotatable bonds is 2. The molecule has 0 bridgehead atoms. The highest BCUT2D eigenvalue weighted by molar-refractivity contribution is 6.11. The van der Waals surface area contributed by atoms with Gasteiger partial charge in [0.25, 0.3) is 0 Å². The van der Waals surface area contributed by atoms with Crippen molar-refractivity contribution in [2.75, 3.05) is 0 Å². The van der Waals surface area contributed by atoms with Crippen LogP contribution in [0.2, 0.25) is 0 Å². The average molecular weight is 311 g/mol. The van der Waals surface area contributed by atoms with Gasteiger partial charge in [0.2, 0.25) is 0 Å². The van der Waals surface area contributed by atoms with Crippen LogP contribution in [0.5, 0.6) is 0 Å². The fourth-order valence-electron chi connectivity index (χ4n) is 3.62. The van der Waals surface area contributed by atoms with Crippen LogP contribution in [-0.4, -0.2) is 16.2 Å². The highest BCUT2D eigenvalue weighted by Gasteiger charge is 2.18. The lowest BCUT2D eigenvalue weighted by Crippen LogP contribution is -1.93. The van der Waals surface area contributed by atoms with Gasteiger partial charge in [0.15, 0.2) is 0 Å². The van der Waals surface area contributed by atoms with Crippen molar-refractivity contribution in [1.29, 1.82) is 0 Å². The Morgan fingerprint density at radius 2 is 1.79 bits per heavy atom. The molecule has 0 saturated carbocycles. The minimum atomic E-state index is 0.0965. The Hall–Kier alpha value is -2.81. The number of para-hydroxylation sites is 2. The number of fused-ring (bicyclic) bond motifs is 2. The number of aryl methyl sites for hydroxylation is 2. The minimum absolute atomic E-state index is 0.0965. The molecule has 1 atom stereocenters. The molecule has 1 aliphatic carbocycles. The molecule has 5 rings (SSSR count). The molecule has 24 heavy (non-hydrogen) atoms. The predicted molar refractivity (Wildman–Crippen MR) is 97.2 cm³/mol. The molecule has 3 nitrogen and oxygen atoms in total. The molecule has 2 aliphatic rings. The van der Waals surface area contributed by atoms with E-state index in [1.54, 1.807) is 0 Å². The van der Waals surface area contributed by atoms with Crippen LogP contribution in [0.4, 0.5) is 0 Å². The standard InChI is InChI=1S/C21H17N3/c1-2-7-19-18(6-1)23-13-21(24-19)17-11-20(22-12-17)16-9-8-14-4-3-5-15(14)10-16/h1-2,6-13,20H,3-5H2. The molecule has 2 heterocycles. The first-order valence-corrected chi connectivity index (χ1v) is 8.46. The van der Waals surface area contributed by atoms with E-state index in [-0.39, 0.29) is 6.04 Å². The maximum atomic E-state index is 4.72. The van der Waals surface area contributed by atoms with E-state index in [2.05, 4.69) is 34.3 Å². The fourth-order valence-corrected chi connectivity index (χ4v) is 3.62. The molecule has 0 saturated heterocycles. The Morgan fingerprint density at radius 3 is 2.75 bits per heavy atom. The number of allylic oxidation sites excluding steroid dienone is 1. The zero-order chi connectivity index (χ0) is 15.9. The zero-order valence-electron chi connectivity index (χ0n) is 13.3. The van der Waals surface area contributed by atoms with Crippen molar-refractivity contribution in [3.8, 4) is 0 Å². The normalized spacial score (nSPS) is 18.8. The van der Waals surface area contributed by atoms with E-state index >= 15 is 0 Å². The molecule has 116 valence electrons. The van der Waals surface area contributed by atoms with Gasteiger partial charge in [-0.1, -0.05) is 30.3 Å². The third-order valence-corrected chi connectivity index (χ3v) is 4.92. The summed E-state index contributed by atoms with van der Waals surface area (Å²) < 4.78 is 0. The largest absolute Gasteiger partial charge is 0.280 e. The smallest absolute Gasteiger partial charge is 0.0940 e. The molecular formula is C21H17N3. The molecule has 0 spiro atoms. The average Bonchev–Trinajstić information content (AvgIpc) is 3.30. The Balaban J connectivity index is 1.49. The molecular weight excluding hydrogens is 294 g/mol. The predicted octanol–water partition coefficient (Wildman–Crippen LogP) is 4.33. The Kier molecular flexibility index (Phi) is 3.05. The molecule has 1 aromatic heterocycles. The van der Waals surface area contributed by atoms with Crippen LogP contribution in [0.15, 0.2) is 59.7 Å². The van der Waals surface area contributed by atoms with Crippen molar-refractivity contribution in [2.45, 2.75) is 25.3 Å². The summed E-state index contributed by atoms with van der Waals surface area (Å²) in [7, 11) is 0. The van der Waals surface area contributed by atoms with Crippen LogP contribution in [0, 0.1) is 0 Å². The lowest BCUT2D eigenvalue weighted by Gasteiger charge is -2.08. The first-order valence-electron chi connectivity index (χ1n) is 8.46. The summed E-state index contributed by atoms with van der Waals surface area (Å²) in [5, 5.41) is 0. The summed E-state index contributed by atoms with van der Waals surface area (Å²) in [5.41, 5.74) is 8.06. The Bertz CT molecular complexity index is 1000. The van der Waals surface area contributed by atoms with Gasteiger partial charge in [0, 0.05) is 11.8 Å². The van der Waals surface area contributed by atoms with Gasteiger partial charge in [0.1, 0.15) is 0 Å². The first-order chi connectivity index (χ1) is 11.9. The van der Waals surface area contributed by atoms with Crippen molar-refractivity contribution in [1.82, 2.24) is 9.97 Å². The molecule has 2 aromatic carbocycles. The number of hydrogen-bond acceptors (Lipinski definition) is 3. The van der Waals surface area contributed by atoms with E-state index in [0.29, 0.717) is 0 Å². The Morgan fingerprint density at radius 1 is 0.917 bits per heavy atom. The van der Waals surface area contributed by atoms with E-state index in [4.69, 9.17) is 4.98 Å². The van der Waals surface area contributed by atoms with Crippen molar-refractivity contribution in [2.24, 2.45) is 4.99 Å². The first kappa shape index (κ1) is 13.6. The van der Waals surface area contributed by atoms with Crippen molar-refractivity contribution in [3.05, 3.63) is 77.1 Å². The van der Waals surface area contributed by atoms with Crippen LogP contribution in [0.25, 0.3) is 16.6 Å². The van der Waals surface area contributed by atoms with E-state index in [0.717, 1.165) is 22.3 Å². The lowest BCUT2D eigenvalue weighted by molar-refractivity contribution is 0.908. The van der Waals surface area contributed by atoms with Crippen LogP contribution in [0.1, 0.15) is 34.8 Å². The lowest BCUT2D eigenvalue weighted by atomic mass is 10.0. The maximum absolute atomic E-state index is 4.72. The number of nitrogens with zero attached hydrogens (tertiary/aromatic N) is 3. The third kappa shape index (κ3) is 2.24. The summed E-state index contributed by atoms with van der Waals surface area (Å²) in [4.78, 5) is 13.9. The molecule has 3 heteroatoms. The van der Waals surface area contributed by atoms with Crippen molar-refractivity contribution in [3.63, 3.8) is 0 Å². The zero-order valence-corrected chi connectivity index (χ0v) is 13.3. The number of aliphatic imine (C=N–C) groups is 1. The van der Waals surface area contributed by atoms with Gasteiger partial charge >= 0.3 is 0 Å². The second kappa shape index (κ2) is 5.38. The number of aromatic nitrogens is 2. The fraction of sp³-hybridized carbons (Fsp3) is 0.190. The summed E-state index contributed by atoms with van der Waals surface area (Å²) in [6, 6.07) is 14.9. The summed E-state index contributed by atoms with van der Waals surface area (Å²) in [5.74, 6) is 0. The van der Waals surface area contributed by atoms with Gasteiger partial charge in [-0.3, -0.25) is 9.98 Å². The third-order valence-electron chi connectivity index (χ3n) is 4.92. The van der Waals surface area contributed by atoms with Crippen LogP contribution < -0.4 is 0 Å². The van der Waals surface area contributed by atoms with E-state index in [1.165, 1.54) is 36.0 Å². The highest BCUT2D eigenvalue weighted by atomic mass is 14.8. The van der Waals surface area contributed by atoms with E-state index in [9.17, 15) is 0 Å². The molecule has 0 fully saturated rings. The van der Waals surface area contributed by atoms with Gasteiger partial charge in [-0.25, -0.2) is 4.98 Å². The molecule has 3 aromatic rings. The summed E-state index contributed by atoms with van der Waals surface area (Å²) in [6.07, 6.45) is 9.65. The molecule has 1 unspecified atom stereocenters. The quantitative estimate of drug-likeness (QED) is 0.706.